The molecular formula is C14H21ClN2OS. The minimum absolute atomic E-state index is 0.0591. The first-order valence-electron chi connectivity index (χ1n) is 6.80. The van der Waals surface area contributed by atoms with Gasteiger partial charge in [-0.15, -0.1) is 11.3 Å². The van der Waals surface area contributed by atoms with Crippen molar-refractivity contribution in [3.05, 3.63) is 21.3 Å². The number of nitrogens with zero attached hydrogens (tertiary/aromatic N) is 2. The topological polar surface area (TPSA) is 23.6 Å². The van der Waals surface area contributed by atoms with E-state index in [4.69, 9.17) is 11.6 Å². The van der Waals surface area contributed by atoms with E-state index < -0.39 is 0 Å². The van der Waals surface area contributed by atoms with Crippen LogP contribution in [0.15, 0.2) is 12.1 Å². The van der Waals surface area contributed by atoms with E-state index in [9.17, 15) is 4.79 Å². The van der Waals surface area contributed by atoms with Gasteiger partial charge in [-0.25, -0.2) is 0 Å². The third-order valence-corrected chi connectivity index (χ3v) is 5.19. The molecule has 0 saturated carbocycles. The molecule has 0 spiro atoms. The number of Topliss-reactive ketones (excluding diaryl/α,β-unsaturated/α-hetero) is 1. The summed E-state index contributed by atoms with van der Waals surface area (Å²) in [5.74, 6) is 0.189. The van der Waals surface area contributed by atoms with Gasteiger partial charge in [-0.05, 0) is 32.5 Å². The molecule has 0 aromatic carbocycles. The summed E-state index contributed by atoms with van der Waals surface area (Å²) < 4.78 is 0.680. The third-order valence-electron chi connectivity index (χ3n) is 3.95. The lowest BCUT2D eigenvalue weighted by Gasteiger charge is -2.41. The monoisotopic (exact) mass is 300 g/mol. The van der Waals surface area contributed by atoms with E-state index in [2.05, 4.69) is 23.6 Å². The highest BCUT2D eigenvalue weighted by Crippen LogP contribution is 2.24. The summed E-state index contributed by atoms with van der Waals surface area (Å²) in [5.41, 5.74) is 0. The van der Waals surface area contributed by atoms with Gasteiger partial charge in [-0.3, -0.25) is 14.6 Å². The van der Waals surface area contributed by atoms with Gasteiger partial charge < -0.3 is 0 Å². The van der Waals surface area contributed by atoms with Crippen molar-refractivity contribution in [3.63, 3.8) is 0 Å². The van der Waals surface area contributed by atoms with E-state index in [1.165, 1.54) is 11.3 Å². The normalized spacial score (nSPS) is 23.5. The number of thiophene rings is 1. The molecule has 1 aromatic heterocycles. The van der Waals surface area contributed by atoms with E-state index in [-0.39, 0.29) is 11.8 Å². The van der Waals surface area contributed by atoms with Crippen LogP contribution in [0.5, 0.6) is 0 Å². The van der Waals surface area contributed by atoms with Crippen LogP contribution in [0.2, 0.25) is 4.34 Å². The predicted molar refractivity (Wildman–Crippen MR) is 81.4 cm³/mol. The predicted octanol–water partition coefficient (Wildman–Crippen LogP) is 3.00. The molecule has 1 aliphatic heterocycles. The SMILES string of the molecule is CCN1CCN(C(C)C(=O)c2ccc(Cl)s2)CC1C. The Morgan fingerprint density at radius 3 is 2.79 bits per heavy atom. The average Bonchev–Trinajstić information content (AvgIpc) is 2.83. The van der Waals surface area contributed by atoms with Gasteiger partial charge in [0.15, 0.2) is 5.78 Å². The Labute approximate surface area is 124 Å². The summed E-state index contributed by atoms with van der Waals surface area (Å²) >= 11 is 7.27. The van der Waals surface area contributed by atoms with Gasteiger partial charge in [0.2, 0.25) is 0 Å². The van der Waals surface area contributed by atoms with Gasteiger partial charge in [0.25, 0.3) is 0 Å². The van der Waals surface area contributed by atoms with E-state index in [0.29, 0.717) is 10.4 Å². The molecule has 2 atom stereocenters. The van der Waals surface area contributed by atoms with Crippen LogP contribution in [0.1, 0.15) is 30.4 Å². The Morgan fingerprint density at radius 2 is 2.26 bits per heavy atom. The molecule has 0 radical (unpaired) electrons. The van der Waals surface area contributed by atoms with E-state index in [1.54, 1.807) is 6.07 Å². The Bertz CT molecular complexity index is 448. The van der Waals surface area contributed by atoms with Crippen molar-refractivity contribution in [2.45, 2.75) is 32.9 Å². The van der Waals surface area contributed by atoms with Gasteiger partial charge in [0.1, 0.15) is 0 Å². The van der Waals surface area contributed by atoms with Crippen molar-refractivity contribution in [1.82, 2.24) is 9.80 Å². The lowest BCUT2D eigenvalue weighted by atomic mass is 10.1. The first kappa shape index (κ1) is 15.0. The van der Waals surface area contributed by atoms with E-state index in [0.717, 1.165) is 31.1 Å². The zero-order valence-electron chi connectivity index (χ0n) is 11.7. The molecule has 1 aromatic rings. The van der Waals surface area contributed by atoms with Gasteiger partial charge in [-0.2, -0.15) is 0 Å². The van der Waals surface area contributed by atoms with Crippen LogP contribution >= 0.6 is 22.9 Å². The van der Waals surface area contributed by atoms with Crippen LogP contribution in [0.3, 0.4) is 0 Å². The number of piperazine rings is 1. The fourth-order valence-electron chi connectivity index (χ4n) is 2.66. The van der Waals surface area contributed by atoms with Crippen LogP contribution in [0, 0.1) is 0 Å². The number of likely N-dealkylation sites (N-methyl/N-ethyl adjacent to an activating group) is 1. The van der Waals surface area contributed by atoms with Gasteiger partial charge in [0, 0.05) is 25.7 Å². The first-order chi connectivity index (χ1) is 9.02. The summed E-state index contributed by atoms with van der Waals surface area (Å²) in [4.78, 5) is 17.9. The number of hydrogen-bond acceptors (Lipinski definition) is 4. The van der Waals surface area contributed by atoms with Crippen molar-refractivity contribution < 1.29 is 4.79 Å². The largest absolute Gasteiger partial charge is 0.298 e. The average molecular weight is 301 g/mol. The molecule has 0 aliphatic carbocycles. The van der Waals surface area contributed by atoms with Crippen molar-refractivity contribution in [2.24, 2.45) is 0 Å². The van der Waals surface area contributed by atoms with Gasteiger partial charge in [0.05, 0.1) is 15.3 Å². The molecule has 106 valence electrons. The molecule has 5 heteroatoms. The maximum absolute atomic E-state index is 12.4. The Morgan fingerprint density at radius 1 is 1.53 bits per heavy atom. The van der Waals surface area contributed by atoms with E-state index >= 15 is 0 Å². The molecule has 0 bridgehead atoms. The highest BCUT2D eigenvalue weighted by Gasteiger charge is 2.29. The molecule has 0 N–H and O–H groups in total. The van der Waals surface area contributed by atoms with Crippen molar-refractivity contribution in [1.29, 1.82) is 0 Å². The molecule has 1 fully saturated rings. The zero-order valence-corrected chi connectivity index (χ0v) is 13.3. The number of ketones is 1. The number of carbonyl (C=O) groups is 1. The fraction of sp³-hybridized carbons (Fsp3) is 0.643. The number of halogens is 1. The second-order valence-corrected chi connectivity index (χ2v) is 6.83. The van der Waals surface area contributed by atoms with Crippen molar-refractivity contribution >= 4 is 28.7 Å². The summed E-state index contributed by atoms with van der Waals surface area (Å²) in [6, 6.07) is 4.08. The second-order valence-electron chi connectivity index (χ2n) is 5.12. The zero-order chi connectivity index (χ0) is 14.0. The first-order valence-corrected chi connectivity index (χ1v) is 8.00. The Hall–Kier alpha value is -0.420. The number of rotatable bonds is 4. The maximum atomic E-state index is 12.4. The van der Waals surface area contributed by atoms with Crippen molar-refractivity contribution in [2.75, 3.05) is 26.2 Å². The molecule has 2 unspecified atom stereocenters. The smallest absolute Gasteiger partial charge is 0.189 e. The fourth-order valence-corrected chi connectivity index (χ4v) is 3.73. The van der Waals surface area contributed by atoms with Gasteiger partial charge in [-0.1, -0.05) is 18.5 Å². The maximum Gasteiger partial charge on any atom is 0.189 e. The van der Waals surface area contributed by atoms with Crippen LogP contribution in [0.4, 0.5) is 0 Å². The standard InChI is InChI=1S/C14H21ClN2OS/c1-4-16-7-8-17(9-10(16)2)11(3)14(18)12-5-6-13(15)19-12/h5-6,10-11H,4,7-9H2,1-3H3. The minimum Gasteiger partial charge on any atom is -0.298 e. The minimum atomic E-state index is -0.0591. The molecule has 1 aliphatic rings. The number of carbonyl (C=O) groups excluding carboxylic acids is 1. The van der Waals surface area contributed by atoms with E-state index in [1.807, 2.05) is 13.0 Å². The lowest BCUT2D eigenvalue weighted by molar-refractivity contribution is 0.0536. The van der Waals surface area contributed by atoms with Crippen LogP contribution in [0.25, 0.3) is 0 Å². The molecule has 3 nitrogen and oxygen atoms in total. The van der Waals surface area contributed by atoms with Crippen LogP contribution < -0.4 is 0 Å². The highest BCUT2D eigenvalue weighted by atomic mass is 35.5. The summed E-state index contributed by atoms with van der Waals surface area (Å²) in [6.07, 6.45) is 0. The molecule has 1 saturated heterocycles. The molecule has 0 amide bonds. The molecular weight excluding hydrogens is 280 g/mol. The van der Waals surface area contributed by atoms with Crippen LogP contribution in [-0.2, 0) is 0 Å². The third kappa shape index (κ3) is 3.37. The summed E-state index contributed by atoms with van der Waals surface area (Å²) in [5, 5.41) is 0. The lowest BCUT2D eigenvalue weighted by Crippen LogP contribution is -2.55. The Balaban J connectivity index is 2.00. The van der Waals surface area contributed by atoms with Crippen molar-refractivity contribution in [3.8, 4) is 0 Å². The van der Waals surface area contributed by atoms with Crippen LogP contribution in [-0.4, -0.2) is 53.8 Å². The number of hydrogen-bond donors (Lipinski definition) is 0. The summed E-state index contributed by atoms with van der Waals surface area (Å²) in [6.45, 7) is 10.5. The molecule has 19 heavy (non-hydrogen) atoms. The highest BCUT2D eigenvalue weighted by molar-refractivity contribution is 7.18. The Kier molecular flexibility index (Phi) is 5.01. The second kappa shape index (κ2) is 6.35. The molecule has 2 heterocycles. The molecule has 2 rings (SSSR count). The summed E-state index contributed by atoms with van der Waals surface area (Å²) in [7, 11) is 0. The quantitative estimate of drug-likeness (QED) is 0.799. The van der Waals surface area contributed by atoms with Gasteiger partial charge >= 0.3 is 0 Å².